The lowest BCUT2D eigenvalue weighted by atomic mass is 10.1. The van der Waals surface area contributed by atoms with Crippen molar-refractivity contribution in [1.29, 1.82) is 0 Å². The van der Waals surface area contributed by atoms with Crippen LogP contribution in [-0.4, -0.2) is 67.9 Å². The molecule has 0 unspecified atom stereocenters. The minimum Gasteiger partial charge on any atom is -0.494 e. The highest BCUT2D eigenvalue weighted by molar-refractivity contribution is 5.94. The molecule has 0 aliphatic carbocycles. The summed E-state index contributed by atoms with van der Waals surface area (Å²) in [7, 11) is 1.81. The van der Waals surface area contributed by atoms with Crippen molar-refractivity contribution in [1.82, 2.24) is 9.80 Å². The largest absolute Gasteiger partial charge is 0.494 e. The molecule has 0 radical (unpaired) electrons. The molecule has 31 heavy (non-hydrogen) atoms. The number of piperazine rings is 1. The van der Waals surface area contributed by atoms with E-state index in [2.05, 4.69) is 4.90 Å². The maximum atomic E-state index is 14.4. The first-order chi connectivity index (χ1) is 14.9. The van der Waals surface area contributed by atoms with Crippen molar-refractivity contribution in [3.63, 3.8) is 0 Å². The van der Waals surface area contributed by atoms with Gasteiger partial charge in [-0.25, -0.2) is 4.39 Å². The summed E-state index contributed by atoms with van der Waals surface area (Å²) in [6.07, 6.45) is 0. The number of ketones is 1. The van der Waals surface area contributed by atoms with Gasteiger partial charge in [0.05, 0.1) is 18.8 Å². The Morgan fingerprint density at radius 1 is 1.06 bits per heavy atom. The number of rotatable bonds is 8. The number of anilines is 1. The first-order valence-corrected chi connectivity index (χ1v) is 10.6. The molecule has 0 bridgehead atoms. The third kappa shape index (κ3) is 6.04. The number of hydrogen-bond acceptors (Lipinski definition) is 5. The molecule has 1 saturated heterocycles. The van der Waals surface area contributed by atoms with E-state index in [1.54, 1.807) is 24.1 Å². The second-order valence-corrected chi connectivity index (χ2v) is 7.81. The van der Waals surface area contributed by atoms with Crippen LogP contribution in [-0.2, 0) is 11.3 Å². The monoisotopic (exact) mass is 427 g/mol. The van der Waals surface area contributed by atoms with Crippen LogP contribution in [0.5, 0.6) is 5.75 Å². The molecule has 0 spiro atoms. The SMILES string of the molecule is CCOc1ccc(CN(C)C(=O)CN2CCN(c3ccc(C(C)=O)cc3F)CC2)cc1. The molecular formula is C24H30FN3O3. The van der Waals surface area contributed by atoms with E-state index < -0.39 is 0 Å². The molecule has 3 rings (SSSR count). The normalized spacial score (nSPS) is 14.4. The van der Waals surface area contributed by atoms with Gasteiger partial charge in [-0.1, -0.05) is 12.1 Å². The Kier molecular flexibility index (Phi) is 7.63. The predicted molar refractivity (Wildman–Crippen MR) is 119 cm³/mol. The van der Waals surface area contributed by atoms with Crippen molar-refractivity contribution in [2.45, 2.75) is 20.4 Å². The molecule has 7 heteroatoms. The second-order valence-electron chi connectivity index (χ2n) is 7.81. The number of benzene rings is 2. The summed E-state index contributed by atoms with van der Waals surface area (Å²) in [5, 5.41) is 0. The summed E-state index contributed by atoms with van der Waals surface area (Å²) in [4.78, 5) is 29.8. The molecule has 0 saturated carbocycles. The highest BCUT2D eigenvalue weighted by Crippen LogP contribution is 2.22. The number of ether oxygens (including phenoxy) is 1. The topological polar surface area (TPSA) is 53.1 Å². The first-order valence-electron chi connectivity index (χ1n) is 10.6. The van der Waals surface area contributed by atoms with Crippen LogP contribution in [0.15, 0.2) is 42.5 Å². The summed E-state index contributed by atoms with van der Waals surface area (Å²) in [5.41, 5.74) is 1.93. The lowest BCUT2D eigenvalue weighted by Gasteiger charge is -2.36. The fourth-order valence-electron chi connectivity index (χ4n) is 3.66. The van der Waals surface area contributed by atoms with Crippen molar-refractivity contribution in [2.75, 3.05) is 51.3 Å². The fourth-order valence-corrected chi connectivity index (χ4v) is 3.66. The van der Waals surface area contributed by atoms with Gasteiger partial charge < -0.3 is 14.5 Å². The van der Waals surface area contributed by atoms with Gasteiger partial charge in [-0.3, -0.25) is 14.5 Å². The van der Waals surface area contributed by atoms with Gasteiger partial charge in [0.2, 0.25) is 5.91 Å². The third-order valence-electron chi connectivity index (χ3n) is 5.51. The maximum Gasteiger partial charge on any atom is 0.236 e. The molecule has 6 nitrogen and oxygen atoms in total. The first kappa shape index (κ1) is 22.7. The Balaban J connectivity index is 1.48. The predicted octanol–water partition coefficient (Wildman–Crippen LogP) is 3.21. The lowest BCUT2D eigenvalue weighted by molar-refractivity contribution is -0.131. The molecule has 1 amide bonds. The minimum atomic E-state index is -0.382. The second kappa shape index (κ2) is 10.4. The average molecular weight is 428 g/mol. The van der Waals surface area contributed by atoms with E-state index in [0.717, 1.165) is 11.3 Å². The van der Waals surface area contributed by atoms with Crippen LogP contribution < -0.4 is 9.64 Å². The number of amides is 1. The number of nitrogens with zero attached hydrogens (tertiary/aromatic N) is 3. The molecular weight excluding hydrogens is 397 g/mol. The number of carbonyl (C=O) groups excluding carboxylic acids is 2. The van der Waals surface area contributed by atoms with Gasteiger partial charge >= 0.3 is 0 Å². The zero-order valence-corrected chi connectivity index (χ0v) is 18.4. The third-order valence-corrected chi connectivity index (χ3v) is 5.51. The van der Waals surface area contributed by atoms with E-state index in [4.69, 9.17) is 4.74 Å². The zero-order chi connectivity index (χ0) is 22.4. The number of hydrogen-bond donors (Lipinski definition) is 0. The summed E-state index contributed by atoms with van der Waals surface area (Å²) in [5.74, 6) is 0.347. The smallest absolute Gasteiger partial charge is 0.236 e. The maximum absolute atomic E-state index is 14.4. The van der Waals surface area contributed by atoms with Crippen molar-refractivity contribution < 1.29 is 18.7 Å². The number of Topliss-reactive ketones (excluding diaryl/α,β-unsaturated/α-hetero) is 1. The zero-order valence-electron chi connectivity index (χ0n) is 18.4. The van der Waals surface area contributed by atoms with Crippen molar-refractivity contribution in [3.05, 3.63) is 59.4 Å². The molecule has 2 aromatic rings. The van der Waals surface area contributed by atoms with Gasteiger partial charge in [0.1, 0.15) is 11.6 Å². The molecule has 0 atom stereocenters. The fraction of sp³-hybridized carbons (Fsp3) is 0.417. The average Bonchev–Trinajstić information content (AvgIpc) is 2.76. The molecule has 1 heterocycles. The van der Waals surface area contributed by atoms with Gasteiger partial charge in [0.15, 0.2) is 5.78 Å². The van der Waals surface area contributed by atoms with Gasteiger partial charge in [-0.15, -0.1) is 0 Å². The molecule has 166 valence electrons. The number of halogens is 1. The van der Waals surface area contributed by atoms with E-state index >= 15 is 0 Å². The molecule has 2 aromatic carbocycles. The van der Waals surface area contributed by atoms with E-state index in [9.17, 15) is 14.0 Å². The summed E-state index contributed by atoms with van der Waals surface area (Å²) in [6, 6.07) is 12.4. The van der Waals surface area contributed by atoms with Crippen LogP contribution in [0.3, 0.4) is 0 Å². The Bertz CT molecular complexity index is 909. The van der Waals surface area contributed by atoms with Crippen molar-refractivity contribution in [3.8, 4) is 5.75 Å². The summed E-state index contributed by atoms with van der Waals surface area (Å²) in [6.45, 7) is 7.50. The molecule has 1 aliphatic heterocycles. The van der Waals surface area contributed by atoms with Gasteiger partial charge in [-0.05, 0) is 49.7 Å². The van der Waals surface area contributed by atoms with Gasteiger partial charge in [-0.2, -0.15) is 0 Å². The molecule has 1 fully saturated rings. The summed E-state index contributed by atoms with van der Waals surface area (Å²) < 4.78 is 19.9. The van der Waals surface area contributed by atoms with Crippen LogP contribution in [0.1, 0.15) is 29.8 Å². The number of carbonyl (C=O) groups is 2. The summed E-state index contributed by atoms with van der Waals surface area (Å²) >= 11 is 0. The van der Waals surface area contributed by atoms with Crippen LogP contribution in [0.4, 0.5) is 10.1 Å². The standard InChI is InChI=1S/C24H30FN3O3/c1-4-31-21-8-5-19(6-9-21)16-26(3)24(30)17-27-11-13-28(14-12-27)23-10-7-20(18(2)29)15-22(23)25/h5-10,15H,4,11-14,16-17H2,1-3H3. The van der Waals surface area contributed by atoms with Crippen molar-refractivity contribution in [2.24, 2.45) is 0 Å². The van der Waals surface area contributed by atoms with Gasteiger partial charge in [0.25, 0.3) is 0 Å². The molecule has 0 aromatic heterocycles. The molecule has 1 aliphatic rings. The van der Waals surface area contributed by atoms with E-state index in [-0.39, 0.29) is 17.5 Å². The molecule has 0 N–H and O–H groups in total. The van der Waals surface area contributed by atoms with E-state index in [1.807, 2.05) is 36.1 Å². The van der Waals surface area contributed by atoms with E-state index in [0.29, 0.717) is 57.1 Å². The van der Waals surface area contributed by atoms with Crippen LogP contribution in [0, 0.1) is 5.82 Å². The van der Waals surface area contributed by atoms with Crippen LogP contribution in [0.25, 0.3) is 0 Å². The van der Waals surface area contributed by atoms with Crippen molar-refractivity contribution >= 4 is 17.4 Å². The Hall–Kier alpha value is -2.93. The van der Waals surface area contributed by atoms with Crippen LogP contribution >= 0.6 is 0 Å². The van der Waals surface area contributed by atoms with Crippen LogP contribution in [0.2, 0.25) is 0 Å². The Morgan fingerprint density at radius 3 is 2.32 bits per heavy atom. The van der Waals surface area contributed by atoms with E-state index in [1.165, 1.54) is 13.0 Å². The minimum absolute atomic E-state index is 0.0549. The highest BCUT2D eigenvalue weighted by atomic mass is 19.1. The highest BCUT2D eigenvalue weighted by Gasteiger charge is 2.22. The Labute approximate surface area is 183 Å². The quantitative estimate of drug-likeness (QED) is 0.606. The van der Waals surface area contributed by atoms with Gasteiger partial charge in [0, 0.05) is 45.3 Å². The lowest BCUT2D eigenvalue weighted by Crippen LogP contribution is -2.49. The Morgan fingerprint density at radius 2 is 1.74 bits per heavy atom. The number of likely N-dealkylation sites (N-methyl/N-ethyl adjacent to an activating group) is 1.